The molecule has 1 fully saturated rings. The number of carbonyl (C=O) groups is 1. The second-order valence-corrected chi connectivity index (χ2v) is 5.44. The Morgan fingerprint density at radius 1 is 1.38 bits per heavy atom. The van der Waals surface area contributed by atoms with Gasteiger partial charge in [0.05, 0.1) is 20.3 Å². The van der Waals surface area contributed by atoms with Gasteiger partial charge in [-0.25, -0.2) is 0 Å². The van der Waals surface area contributed by atoms with Crippen molar-refractivity contribution in [2.45, 2.75) is 25.8 Å². The Labute approximate surface area is 126 Å². The number of benzene rings is 1. The lowest BCUT2D eigenvalue weighted by molar-refractivity contribution is -0.135. The van der Waals surface area contributed by atoms with E-state index >= 15 is 0 Å². The van der Waals surface area contributed by atoms with E-state index in [4.69, 9.17) is 15.2 Å². The topological polar surface area (TPSA) is 64.8 Å². The minimum atomic E-state index is -0.134. The fraction of sp³-hybridized carbons (Fsp3) is 0.562. The molecule has 0 spiro atoms. The molecule has 1 heterocycles. The summed E-state index contributed by atoms with van der Waals surface area (Å²) in [6.07, 6.45) is 1.99. The van der Waals surface area contributed by atoms with Crippen LogP contribution in [0.1, 0.15) is 31.4 Å². The molecule has 21 heavy (non-hydrogen) atoms. The average molecular weight is 292 g/mol. The van der Waals surface area contributed by atoms with Crippen LogP contribution in [0, 0.1) is 5.92 Å². The normalized spacial score (nSPS) is 19.4. The van der Waals surface area contributed by atoms with E-state index in [9.17, 15) is 4.79 Å². The van der Waals surface area contributed by atoms with Crippen molar-refractivity contribution in [2.24, 2.45) is 11.7 Å². The SMILES string of the molecule is COc1ccc(C2CCCN2C(=O)C(C)CN)cc1OC. The molecule has 0 aromatic heterocycles. The third-order valence-electron chi connectivity index (χ3n) is 4.10. The summed E-state index contributed by atoms with van der Waals surface area (Å²) in [7, 11) is 3.24. The second kappa shape index (κ2) is 6.80. The van der Waals surface area contributed by atoms with Crippen LogP contribution in [0.2, 0.25) is 0 Å². The predicted molar refractivity (Wildman–Crippen MR) is 81.5 cm³/mol. The number of nitrogens with two attached hydrogens (primary N) is 1. The van der Waals surface area contributed by atoms with E-state index in [1.807, 2.05) is 30.0 Å². The zero-order valence-electron chi connectivity index (χ0n) is 13.0. The highest BCUT2D eigenvalue weighted by Gasteiger charge is 2.32. The van der Waals surface area contributed by atoms with E-state index in [-0.39, 0.29) is 17.9 Å². The number of nitrogens with zero attached hydrogens (tertiary/aromatic N) is 1. The molecule has 1 aliphatic heterocycles. The number of amides is 1. The third kappa shape index (κ3) is 3.13. The Hall–Kier alpha value is -1.75. The van der Waals surface area contributed by atoms with E-state index < -0.39 is 0 Å². The molecular formula is C16H24N2O3. The van der Waals surface area contributed by atoms with Gasteiger partial charge in [-0.1, -0.05) is 13.0 Å². The quantitative estimate of drug-likeness (QED) is 0.901. The summed E-state index contributed by atoms with van der Waals surface area (Å²) in [6.45, 7) is 3.06. The first-order chi connectivity index (χ1) is 10.1. The smallest absolute Gasteiger partial charge is 0.227 e. The van der Waals surface area contributed by atoms with E-state index in [0.29, 0.717) is 18.0 Å². The van der Waals surface area contributed by atoms with Crippen LogP contribution in [-0.4, -0.2) is 38.1 Å². The molecule has 1 aromatic rings. The van der Waals surface area contributed by atoms with Crippen molar-refractivity contribution >= 4 is 5.91 Å². The summed E-state index contributed by atoms with van der Waals surface area (Å²) in [5.41, 5.74) is 6.71. The number of methoxy groups -OCH3 is 2. The highest BCUT2D eigenvalue weighted by Crippen LogP contribution is 2.37. The van der Waals surface area contributed by atoms with Gasteiger partial charge in [0.1, 0.15) is 0 Å². The van der Waals surface area contributed by atoms with E-state index in [0.717, 1.165) is 24.9 Å². The second-order valence-electron chi connectivity index (χ2n) is 5.44. The van der Waals surface area contributed by atoms with Gasteiger partial charge in [-0.2, -0.15) is 0 Å². The van der Waals surface area contributed by atoms with Gasteiger partial charge in [0.15, 0.2) is 11.5 Å². The molecule has 5 nitrogen and oxygen atoms in total. The molecule has 1 amide bonds. The number of carbonyl (C=O) groups excluding carboxylic acids is 1. The Balaban J connectivity index is 2.26. The maximum absolute atomic E-state index is 12.4. The minimum absolute atomic E-state index is 0.103. The predicted octanol–water partition coefficient (Wildman–Crippen LogP) is 1.96. The van der Waals surface area contributed by atoms with Gasteiger partial charge < -0.3 is 20.1 Å². The van der Waals surface area contributed by atoms with Crippen LogP contribution in [0.15, 0.2) is 18.2 Å². The lowest BCUT2D eigenvalue weighted by Gasteiger charge is -2.28. The summed E-state index contributed by atoms with van der Waals surface area (Å²) in [4.78, 5) is 14.4. The molecule has 1 saturated heterocycles. The number of hydrogen-bond donors (Lipinski definition) is 1. The Morgan fingerprint density at radius 3 is 2.71 bits per heavy atom. The molecule has 2 rings (SSSR count). The fourth-order valence-corrected chi connectivity index (χ4v) is 2.82. The zero-order chi connectivity index (χ0) is 15.4. The number of rotatable bonds is 5. The van der Waals surface area contributed by atoms with Crippen molar-refractivity contribution in [3.05, 3.63) is 23.8 Å². The maximum Gasteiger partial charge on any atom is 0.227 e. The van der Waals surface area contributed by atoms with Gasteiger partial charge in [0, 0.05) is 19.0 Å². The first-order valence-corrected chi connectivity index (χ1v) is 7.34. The molecule has 0 saturated carbocycles. The molecule has 2 N–H and O–H groups in total. The molecule has 2 unspecified atom stereocenters. The van der Waals surface area contributed by atoms with Crippen molar-refractivity contribution in [2.75, 3.05) is 27.3 Å². The van der Waals surface area contributed by atoms with Gasteiger partial charge in [0.2, 0.25) is 5.91 Å². The summed E-state index contributed by atoms with van der Waals surface area (Å²) >= 11 is 0. The van der Waals surface area contributed by atoms with Crippen LogP contribution >= 0.6 is 0 Å². The molecule has 0 bridgehead atoms. The number of likely N-dealkylation sites (tertiary alicyclic amines) is 1. The Kier molecular flexibility index (Phi) is 5.07. The van der Waals surface area contributed by atoms with Crippen LogP contribution in [0.25, 0.3) is 0 Å². The lowest BCUT2D eigenvalue weighted by atomic mass is 10.0. The molecular weight excluding hydrogens is 268 g/mol. The van der Waals surface area contributed by atoms with Gasteiger partial charge in [0.25, 0.3) is 0 Å². The van der Waals surface area contributed by atoms with Gasteiger partial charge >= 0.3 is 0 Å². The molecule has 116 valence electrons. The Bertz CT molecular complexity index is 504. The largest absolute Gasteiger partial charge is 0.493 e. The third-order valence-corrected chi connectivity index (χ3v) is 4.10. The Morgan fingerprint density at radius 2 is 2.10 bits per heavy atom. The van der Waals surface area contributed by atoms with Crippen LogP contribution in [0.4, 0.5) is 0 Å². The number of hydrogen-bond acceptors (Lipinski definition) is 4. The zero-order valence-corrected chi connectivity index (χ0v) is 13.0. The summed E-state index contributed by atoms with van der Waals surface area (Å²) in [5, 5.41) is 0. The van der Waals surface area contributed by atoms with Gasteiger partial charge in [-0.15, -0.1) is 0 Å². The molecule has 0 radical (unpaired) electrons. The molecule has 1 aromatic carbocycles. The lowest BCUT2D eigenvalue weighted by Crippen LogP contribution is -2.37. The molecule has 2 atom stereocenters. The summed E-state index contributed by atoms with van der Waals surface area (Å²) in [6, 6.07) is 5.96. The van der Waals surface area contributed by atoms with E-state index in [1.165, 1.54) is 0 Å². The van der Waals surface area contributed by atoms with Crippen LogP contribution < -0.4 is 15.2 Å². The van der Waals surface area contributed by atoms with Crippen LogP contribution in [0.5, 0.6) is 11.5 Å². The van der Waals surface area contributed by atoms with Crippen molar-refractivity contribution < 1.29 is 14.3 Å². The highest BCUT2D eigenvalue weighted by molar-refractivity contribution is 5.79. The molecule has 1 aliphatic rings. The van der Waals surface area contributed by atoms with Gasteiger partial charge in [-0.05, 0) is 30.5 Å². The monoisotopic (exact) mass is 292 g/mol. The molecule has 5 heteroatoms. The maximum atomic E-state index is 12.4. The average Bonchev–Trinajstić information content (AvgIpc) is 3.02. The van der Waals surface area contributed by atoms with Crippen molar-refractivity contribution in [3.8, 4) is 11.5 Å². The summed E-state index contributed by atoms with van der Waals surface area (Å²) < 4.78 is 10.6. The summed E-state index contributed by atoms with van der Waals surface area (Å²) in [5.74, 6) is 1.40. The first-order valence-electron chi connectivity index (χ1n) is 7.34. The van der Waals surface area contributed by atoms with Gasteiger partial charge in [-0.3, -0.25) is 4.79 Å². The minimum Gasteiger partial charge on any atom is -0.493 e. The van der Waals surface area contributed by atoms with Crippen LogP contribution in [-0.2, 0) is 4.79 Å². The van der Waals surface area contributed by atoms with Crippen molar-refractivity contribution in [1.29, 1.82) is 0 Å². The highest BCUT2D eigenvalue weighted by atomic mass is 16.5. The van der Waals surface area contributed by atoms with Crippen molar-refractivity contribution in [3.63, 3.8) is 0 Å². The first kappa shape index (κ1) is 15.6. The number of ether oxygens (including phenoxy) is 2. The fourth-order valence-electron chi connectivity index (χ4n) is 2.82. The van der Waals surface area contributed by atoms with Crippen LogP contribution in [0.3, 0.4) is 0 Å². The van der Waals surface area contributed by atoms with E-state index in [1.54, 1.807) is 14.2 Å². The van der Waals surface area contributed by atoms with E-state index in [2.05, 4.69) is 0 Å². The standard InChI is InChI=1S/C16H24N2O3/c1-11(10-17)16(19)18-8-4-5-13(18)12-6-7-14(20-2)15(9-12)21-3/h6-7,9,11,13H,4-5,8,10,17H2,1-3H3. The molecule has 0 aliphatic carbocycles. The van der Waals surface area contributed by atoms with Crippen molar-refractivity contribution in [1.82, 2.24) is 4.90 Å².